The molecule has 1 aliphatic rings. The molecule has 1 aromatic heterocycles. The fraction of sp³-hybridized carbons (Fsp3) is 0.786. The van der Waals surface area contributed by atoms with Gasteiger partial charge in [-0.1, -0.05) is 20.8 Å². The van der Waals surface area contributed by atoms with Crippen LogP contribution in [0.3, 0.4) is 0 Å². The summed E-state index contributed by atoms with van der Waals surface area (Å²) in [7, 11) is 0. The molecule has 2 rings (SSSR count). The van der Waals surface area contributed by atoms with Crippen LogP contribution in [-0.2, 0) is 25.9 Å². The number of nitrogens with zero attached hydrogens (tertiary/aromatic N) is 2. The highest BCUT2D eigenvalue weighted by Crippen LogP contribution is 2.31. The Morgan fingerprint density at radius 1 is 1.24 bits per heavy atom. The van der Waals surface area contributed by atoms with E-state index in [2.05, 4.69) is 30.8 Å². The Kier molecular flexibility index (Phi) is 4.21. The average molecular weight is 235 g/mol. The highest BCUT2D eigenvalue weighted by atomic mass is 15.3. The Hall–Kier alpha value is -0.830. The van der Waals surface area contributed by atoms with Gasteiger partial charge in [-0.3, -0.25) is 4.68 Å². The Labute approximate surface area is 105 Å². The van der Waals surface area contributed by atoms with Gasteiger partial charge in [0.05, 0.1) is 5.69 Å². The van der Waals surface area contributed by atoms with Gasteiger partial charge >= 0.3 is 0 Å². The van der Waals surface area contributed by atoms with Crippen molar-refractivity contribution >= 4 is 0 Å². The normalized spacial score (nSPS) is 15.5. The van der Waals surface area contributed by atoms with E-state index in [-0.39, 0.29) is 0 Å². The summed E-state index contributed by atoms with van der Waals surface area (Å²) >= 11 is 0. The lowest BCUT2D eigenvalue weighted by Gasteiger charge is -2.07. The molecule has 1 heterocycles. The number of aryl methyl sites for hydroxylation is 1. The minimum Gasteiger partial charge on any atom is -0.313 e. The van der Waals surface area contributed by atoms with Gasteiger partial charge in [-0.15, -0.1) is 0 Å². The second-order valence-corrected chi connectivity index (χ2v) is 4.98. The Morgan fingerprint density at radius 3 is 2.53 bits per heavy atom. The third kappa shape index (κ3) is 2.89. The number of hydrogen-bond acceptors (Lipinski definition) is 2. The van der Waals surface area contributed by atoms with E-state index in [4.69, 9.17) is 5.10 Å². The maximum absolute atomic E-state index is 4.81. The van der Waals surface area contributed by atoms with Crippen molar-refractivity contribution in [3.8, 4) is 0 Å². The predicted octanol–water partition coefficient (Wildman–Crippen LogP) is 2.53. The highest BCUT2D eigenvalue weighted by Gasteiger charge is 2.24. The molecule has 1 aliphatic carbocycles. The molecule has 1 saturated carbocycles. The van der Waals surface area contributed by atoms with Gasteiger partial charge in [-0.05, 0) is 38.1 Å². The summed E-state index contributed by atoms with van der Waals surface area (Å²) in [6.07, 6.45) is 4.94. The van der Waals surface area contributed by atoms with Crippen LogP contribution in [0.5, 0.6) is 0 Å². The van der Waals surface area contributed by atoms with Crippen LogP contribution >= 0.6 is 0 Å². The fourth-order valence-corrected chi connectivity index (χ4v) is 2.42. The average Bonchev–Trinajstić information content (AvgIpc) is 3.08. The third-order valence-electron chi connectivity index (χ3n) is 3.60. The van der Waals surface area contributed by atoms with Crippen LogP contribution in [0, 0.1) is 5.92 Å². The van der Waals surface area contributed by atoms with Crippen LogP contribution in [0.2, 0.25) is 0 Å². The van der Waals surface area contributed by atoms with E-state index >= 15 is 0 Å². The Bertz CT molecular complexity index is 364. The quantitative estimate of drug-likeness (QED) is 0.787. The summed E-state index contributed by atoms with van der Waals surface area (Å²) in [5, 5.41) is 8.25. The van der Waals surface area contributed by atoms with Gasteiger partial charge in [0.1, 0.15) is 0 Å². The molecule has 1 aromatic rings. The lowest BCUT2D eigenvalue weighted by Crippen LogP contribution is -2.14. The van der Waals surface area contributed by atoms with E-state index in [1.165, 1.54) is 29.8 Å². The molecule has 1 N–H and O–H groups in total. The molecule has 0 atom stereocenters. The lowest BCUT2D eigenvalue weighted by atomic mass is 10.1. The fourth-order valence-electron chi connectivity index (χ4n) is 2.42. The molecule has 0 saturated heterocycles. The number of nitrogens with one attached hydrogen (secondary N) is 1. The van der Waals surface area contributed by atoms with Crippen LogP contribution in [0.15, 0.2) is 0 Å². The zero-order valence-electron chi connectivity index (χ0n) is 11.4. The largest absolute Gasteiger partial charge is 0.313 e. The van der Waals surface area contributed by atoms with Crippen LogP contribution in [-0.4, -0.2) is 16.3 Å². The van der Waals surface area contributed by atoms with E-state index in [9.17, 15) is 0 Å². The van der Waals surface area contributed by atoms with Gasteiger partial charge in [-0.25, -0.2) is 0 Å². The van der Waals surface area contributed by atoms with Crippen molar-refractivity contribution in [2.75, 3.05) is 6.54 Å². The summed E-state index contributed by atoms with van der Waals surface area (Å²) in [5.41, 5.74) is 4.20. The zero-order valence-corrected chi connectivity index (χ0v) is 11.4. The Balaban J connectivity index is 2.21. The molecular weight excluding hydrogens is 210 g/mol. The summed E-state index contributed by atoms with van der Waals surface area (Å²) < 4.78 is 2.28. The van der Waals surface area contributed by atoms with Gasteiger partial charge in [0, 0.05) is 24.3 Å². The second-order valence-electron chi connectivity index (χ2n) is 4.98. The molecule has 0 amide bonds. The highest BCUT2D eigenvalue weighted by molar-refractivity contribution is 5.27. The molecule has 3 heteroatoms. The topological polar surface area (TPSA) is 29.9 Å². The van der Waals surface area contributed by atoms with Crippen molar-refractivity contribution in [2.45, 2.75) is 59.5 Å². The Morgan fingerprint density at radius 2 is 2.00 bits per heavy atom. The number of hydrogen-bond donors (Lipinski definition) is 1. The minimum absolute atomic E-state index is 0.900. The molecule has 0 bridgehead atoms. The van der Waals surface area contributed by atoms with E-state index < -0.39 is 0 Å². The molecule has 0 spiro atoms. The summed E-state index contributed by atoms with van der Waals surface area (Å²) in [5.74, 6) is 0.900. The molecule has 0 unspecified atom stereocenters. The van der Waals surface area contributed by atoms with E-state index in [1.54, 1.807) is 0 Å². The van der Waals surface area contributed by atoms with Crippen LogP contribution in [0.25, 0.3) is 0 Å². The van der Waals surface area contributed by atoms with Crippen molar-refractivity contribution < 1.29 is 0 Å². The van der Waals surface area contributed by atoms with Crippen LogP contribution in [0.1, 0.15) is 50.6 Å². The summed E-state index contributed by atoms with van der Waals surface area (Å²) in [4.78, 5) is 0. The zero-order chi connectivity index (χ0) is 12.3. The second kappa shape index (κ2) is 5.67. The van der Waals surface area contributed by atoms with E-state index in [0.717, 1.165) is 38.4 Å². The van der Waals surface area contributed by atoms with Gasteiger partial charge in [0.2, 0.25) is 0 Å². The number of rotatable bonds is 7. The van der Waals surface area contributed by atoms with Crippen LogP contribution in [0.4, 0.5) is 0 Å². The van der Waals surface area contributed by atoms with Crippen molar-refractivity contribution in [1.82, 2.24) is 15.1 Å². The standard InChI is InChI=1S/C14H25N3/c1-4-13-12(9-15-6-3)14(5-2)17(16-13)10-11-7-8-11/h11,15H,4-10H2,1-3H3. The lowest BCUT2D eigenvalue weighted by molar-refractivity contribution is 0.536. The van der Waals surface area contributed by atoms with E-state index in [1.807, 2.05) is 0 Å². The molecule has 3 nitrogen and oxygen atoms in total. The predicted molar refractivity (Wildman–Crippen MR) is 71.1 cm³/mol. The summed E-state index contributed by atoms with van der Waals surface area (Å²) in [6, 6.07) is 0. The first kappa shape index (κ1) is 12.6. The molecule has 0 radical (unpaired) electrons. The van der Waals surface area contributed by atoms with Crippen molar-refractivity contribution in [3.05, 3.63) is 17.0 Å². The van der Waals surface area contributed by atoms with Gasteiger partial charge < -0.3 is 5.32 Å². The van der Waals surface area contributed by atoms with Crippen molar-refractivity contribution in [1.29, 1.82) is 0 Å². The molecule has 1 fully saturated rings. The first-order valence-corrected chi connectivity index (χ1v) is 7.08. The molecule has 96 valence electrons. The van der Waals surface area contributed by atoms with Crippen molar-refractivity contribution in [2.24, 2.45) is 5.92 Å². The van der Waals surface area contributed by atoms with Crippen LogP contribution < -0.4 is 5.32 Å². The smallest absolute Gasteiger partial charge is 0.0669 e. The van der Waals surface area contributed by atoms with Crippen molar-refractivity contribution in [3.63, 3.8) is 0 Å². The van der Waals surface area contributed by atoms with E-state index in [0.29, 0.717) is 0 Å². The molecule has 17 heavy (non-hydrogen) atoms. The SMILES string of the molecule is CCNCc1c(CC)nn(CC2CC2)c1CC. The monoisotopic (exact) mass is 235 g/mol. The maximum Gasteiger partial charge on any atom is 0.0669 e. The molecular formula is C14H25N3. The third-order valence-corrected chi connectivity index (χ3v) is 3.60. The molecule has 0 aliphatic heterocycles. The molecule has 0 aromatic carbocycles. The first-order valence-electron chi connectivity index (χ1n) is 7.08. The maximum atomic E-state index is 4.81. The number of aromatic nitrogens is 2. The van der Waals surface area contributed by atoms with Gasteiger partial charge in [0.15, 0.2) is 0 Å². The van der Waals surface area contributed by atoms with Gasteiger partial charge in [0.25, 0.3) is 0 Å². The summed E-state index contributed by atoms with van der Waals surface area (Å²) in [6.45, 7) is 9.76. The minimum atomic E-state index is 0.900. The first-order chi connectivity index (χ1) is 8.30. The van der Waals surface area contributed by atoms with Gasteiger partial charge in [-0.2, -0.15) is 5.10 Å².